The fourth-order valence-electron chi connectivity index (χ4n) is 0.925. The molecule has 0 aromatic carbocycles. The molecular formula is C8H12N4O. The van der Waals surface area contributed by atoms with E-state index in [9.17, 15) is 0 Å². The molecule has 0 saturated heterocycles. The Balaban J connectivity index is 2.91. The maximum absolute atomic E-state index is 8.43. The Bertz CT molecular complexity index is 311. The Morgan fingerprint density at radius 1 is 1.77 bits per heavy atom. The molecule has 5 nitrogen and oxygen atoms in total. The van der Waals surface area contributed by atoms with Crippen molar-refractivity contribution in [1.82, 2.24) is 4.98 Å². The Labute approximate surface area is 76.3 Å². The average Bonchev–Trinajstić information content (AvgIpc) is 2.18. The molecule has 0 radical (unpaired) electrons. The van der Waals surface area contributed by atoms with Crippen LogP contribution in [0.3, 0.4) is 0 Å². The molecule has 0 spiro atoms. The van der Waals surface area contributed by atoms with Crippen LogP contribution in [-0.2, 0) is 0 Å². The van der Waals surface area contributed by atoms with Gasteiger partial charge in [-0.3, -0.25) is 0 Å². The fraction of sp³-hybridized carbons (Fsp3) is 0.250. The molecular weight excluding hydrogens is 168 g/mol. The molecule has 0 unspecified atom stereocenters. The first-order valence-corrected chi connectivity index (χ1v) is 3.95. The molecule has 0 bridgehead atoms. The predicted octanol–water partition coefficient (Wildman–Crippen LogP) is 0.608. The van der Waals surface area contributed by atoms with Crippen LogP contribution in [0.15, 0.2) is 23.5 Å². The van der Waals surface area contributed by atoms with Crippen LogP contribution in [0.5, 0.6) is 0 Å². The van der Waals surface area contributed by atoms with E-state index in [0.29, 0.717) is 11.4 Å². The number of nitrogens with one attached hydrogen (secondary N) is 1. The third kappa shape index (κ3) is 2.33. The highest BCUT2D eigenvalue weighted by atomic mass is 16.4. The number of oxime groups is 1. The summed E-state index contributed by atoms with van der Waals surface area (Å²) in [5.74, 6) is 0.799. The molecule has 0 amide bonds. The van der Waals surface area contributed by atoms with Gasteiger partial charge in [-0.25, -0.2) is 4.98 Å². The number of pyridine rings is 1. The van der Waals surface area contributed by atoms with E-state index in [-0.39, 0.29) is 5.84 Å². The van der Waals surface area contributed by atoms with Gasteiger partial charge in [-0.2, -0.15) is 0 Å². The Hall–Kier alpha value is -1.78. The maximum Gasteiger partial charge on any atom is 0.170 e. The number of nitrogens with two attached hydrogens (primary N) is 1. The summed E-state index contributed by atoms with van der Waals surface area (Å²) in [5, 5.41) is 14.4. The zero-order valence-corrected chi connectivity index (χ0v) is 7.36. The van der Waals surface area contributed by atoms with Crippen LogP contribution in [0.1, 0.15) is 12.5 Å². The second kappa shape index (κ2) is 4.30. The lowest BCUT2D eigenvalue weighted by atomic mass is 10.2. The predicted molar refractivity (Wildman–Crippen MR) is 50.9 cm³/mol. The second-order valence-corrected chi connectivity index (χ2v) is 2.45. The molecule has 13 heavy (non-hydrogen) atoms. The summed E-state index contributed by atoms with van der Waals surface area (Å²) in [4.78, 5) is 4.04. The van der Waals surface area contributed by atoms with E-state index in [1.54, 1.807) is 18.3 Å². The molecule has 0 aliphatic carbocycles. The van der Waals surface area contributed by atoms with Gasteiger partial charge in [0.1, 0.15) is 5.82 Å². The molecule has 5 heteroatoms. The number of anilines is 1. The summed E-state index contributed by atoms with van der Waals surface area (Å²) in [6, 6.07) is 3.40. The molecule has 0 saturated carbocycles. The van der Waals surface area contributed by atoms with Gasteiger partial charge in [-0.15, -0.1) is 0 Å². The van der Waals surface area contributed by atoms with Gasteiger partial charge in [0.25, 0.3) is 0 Å². The standard InChI is InChI=1S/C8H12N4O/c1-2-10-7-5-6(3-4-11-7)8(9)12-13/h3-5,13H,2H2,1H3,(H2,9,12)(H,10,11). The van der Waals surface area contributed by atoms with E-state index < -0.39 is 0 Å². The lowest BCUT2D eigenvalue weighted by Gasteiger charge is -2.03. The first-order valence-electron chi connectivity index (χ1n) is 3.95. The zero-order valence-electron chi connectivity index (χ0n) is 7.36. The van der Waals surface area contributed by atoms with Crippen molar-refractivity contribution in [3.8, 4) is 0 Å². The lowest BCUT2D eigenvalue weighted by Crippen LogP contribution is -2.13. The van der Waals surface area contributed by atoms with Crippen molar-refractivity contribution in [2.24, 2.45) is 10.9 Å². The Kier molecular flexibility index (Phi) is 3.08. The van der Waals surface area contributed by atoms with Crippen LogP contribution in [0.25, 0.3) is 0 Å². The van der Waals surface area contributed by atoms with E-state index in [4.69, 9.17) is 10.9 Å². The minimum absolute atomic E-state index is 0.0848. The van der Waals surface area contributed by atoms with Gasteiger partial charge in [0.15, 0.2) is 5.84 Å². The van der Waals surface area contributed by atoms with Crippen LogP contribution < -0.4 is 11.1 Å². The van der Waals surface area contributed by atoms with Crippen molar-refractivity contribution in [2.75, 3.05) is 11.9 Å². The van der Waals surface area contributed by atoms with Crippen molar-refractivity contribution in [2.45, 2.75) is 6.92 Å². The summed E-state index contributed by atoms with van der Waals surface area (Å²) < 4.78 is 0. The van der Waals surface area contributed by atoms with E-state index in [0.717, 1.165) is 6.54 Å². The largest absolute Gasteiger partial charge is 0.409 e. The van der Waals surface area contributed by atoms with Crippen molar-refractivity contribution < 1.29 is 5.21 Å². The van der Waals surface area contributed by atoms with Crippen LogP contribution >= 0.6 is 0 Å². The maximum atomic E-state index is 8.43. The molecule has 0 aliphatic rings. The summed E-state index contributed by atoms with van der Waals surface area (Å²) in [7, 11) is 0. The quantitative estimate of drug-likeness (QED) is 0.275. The minimum atomic E-state index is 0.0848. The normalized spacial score (nSPS) is 11.3. The third-order valence-corrected chi connectivity index (χ3v) is 1.52. The first kappa shape index (κ1) is 9.31. The number of hydrogen-bond acceptors (Lipinski definition) is 4. The van der Waals surface area contributed by atoms with Crippen molar-refractivity contribution in [3.05, 3.63) is 23.9 Å². The molecule has 70 valence electrons. The van der Waals surface area contributed by atoms with E-state index in [1.807, 2.05) is 6.92 Å². The number of amidine groups is 1. The van der Waals surface area contributed by atoms with E-state index in [1.165, 1.54) is 0 Å². The van der Waals surface area contributed by atoms with Crippen LogP contribution in [0.2, 0.25) is 0 Å². The minimum Gasteiger partial charge on any atom is -0.409 e. The smallest absolute Gasteiger partial charge is 0.170 e. The number of aromatic nitrogens is 1. The monoisotopic (exact) mass is 180 g/mol. The molecule has 4 N–H and O–H groups in total. The van der Waals surface area contributed by atoms with Gasteiger partial charge in [-0.1, -0.05) is 5.16 Å². The topological polar surface area (TPSA) is 83.5 Å². The summed E-state index contributed by atoms with van der Waals surface area (Å²) in [6.45, 7) is 2.75. The SMILES string of the molecule is CCNc1cc(C(N)=NO)ccn1. The number of rotatable bonds is 3. The van der Waals surface area contributed by atoms with Gasteiger partial charge in [-0.05, 0) is 19.1 Å². The van der Waals surface area contributed by atoms with Gasteiger partial charge in [0.2, 0.25) is 0 Å². The van der Waals surface area contributed by atoms with Crippen LogP contribution in [0.4, 0.5) is 5.82 Å². The number of hydrogen-bond donors (Lipinski definition) is 3. The van der Waals surface area contributed by atoms with Crippen molar-refractivity contribution >= 4 is 11.7 Å². The highest BCUT2D eigenvalue weighted by molar-refractivity contribution is 5.97. The molecule has 1 aromatic heterocycles. The van der Waals surface area contributed by atoms with Gasteiger partial charge in [0.05, 0.1) is 0 Å². The second-order valence-electron chi connectivity index (χ2n) is 2.45. The Morgan fingerprint density at radius 2 is 2.54 bits per heavy atom. The molecule has 0 aliphatic heterocycles. The molecule has 1 aromatic rings. The van der Waals surface area contributed by atoms with Gasteiger partial charge < -0.3 is 16.3 Å². The molecule has 1 rings (SSSR count). The van der Waals surface area contributed by atoms with E-state index >= 15 is 0 Å². The van der Waals surface area contributed by atoms with Gasteiger partial charge in [0, 0.05) is 18.3 Å². The summed E-state index contributed by atoms with van der Waals surface area (Å²) >= 11 is 0. The van der Waals surface area contributed by atoms with Crippen molar-refractivity contribution in [3.63, 3.8) is 0 Å². The highest BCUT2D eigenvalue weighted by Gasteiger charge is 1.99. The first-order chi connectivity index (χ1) is 6.27. The molecule has 0 atom stereocenters. The average molecular weight is 180 g/mol. The Morgan fingerprint density at radius 3 is 3.15 bits per heavy atom. The summed E-state index contributed by atoms with van der Waals surface area (Å²) in [5.41, 5.74) is 6.05. The number of nitrogens with zero attached hydrogens (tertiary/aromatic N) is 2. The molecule has 1 heterocycles. The third-order valence-electron chi connectivity index (χ3n) is 1.52. The lowest BCUT2D eigenvalue weighted by molar-refractivity contribution is 0.318. The zero-order chi connectivity index (χ0) is 9.68. The molecule has 0 fully saturated rings. The van der Waals surface area contributed by atoms with Crippen molar-refractivity contribution in [1.29, 1.82) is 0 Å². The van der Waals surface area contributed by atoms with Gasteiger partial charge >= 0.3 is 0 Å². The summed E-state index contributed by atoms with van der Waals surface area (Å²) in [6.07, 6.45) is 1.60. The highest BCUT2D eigenvalue weighted by Crippen LogP contribution is 2.05. The fourth-order valence-corrected chi connectivity index (χ4v) is 0.925. The van der Waals surface area contributed by atoms with Crippen LogP contribution in [-0.4, -0.2) is 22.6 Å². The van der Waals surface area contributed by atoms with Crippen LogP contribution in [0, 0.1) is 0 Å². The van der Waals surface area contributed by atoms with E-state index in [2.05, 4.69) is 15.5 Å².